The van der Waals surface area contributed by atoms with E-state index in [1.54, 1.807) is 0 Å². The van der Waals surface area contributed by atoms with Crippen LogP contribution in [0, 0.1) is 0 Å². The summed E-state index contributed by atoms with van der Waals surface area (Å²) in [6, 6.07) is 7.76. The third-order valence-corrected chi connectivity index (χ3v) is 3.58. The predicted molar refractivity (Wildman–Crippen MR) is 71.3 cm³/mol. The van der Waals surface area contributed by atoms with Gasteiger partial charge in [-0.25, -0.2) is 0 Å². The summed E-state index contributed by atoms with van der Waals surface area (Å²) in [5.41, 5.74) is -0.593. The van der Waals surface area contributed by atoms with E-state index in [0.29, 0.717) is 19.6 Å². The fraction of sp³-hybridized carbons (Fsp3) is 0.538. The smallest absolute Gasteiger partial charge is 0.120 e. The van der Waals surface area contributed by atoms with Crippen molar-refractivity contribution in [3.05, 3.63) is 28.7 Å². The van der Waals surface area contributed by atoms with Crippen molar-refractivity contribution in [3.8, 4) is 5.75 Å². The van der Waals surface area contributed by atoms with Crippen molar-refractivity contribution in [2.75, 3.05) is 19.7 Å². The molecule has 3 nitrogen and oxygen atoms in total. The molecule has 1 aliphatic rings. The highest BCUT2D eigenvalue weighted by molar-refractivity contribution is 9.10. The molecule has 0 bridgehead atoms. The van der Waals surface area contributed by atoms with Gasteiger partial charge in [0.25, 0.3) is 0 Å². The zero-order chi connectivity index (χ0) is 12.1. The molecule has 4 heteroatoms. The molecule has 1 aliphatic heterocycles. The summed E-state index contributed by atoms with van der Waals surface area (Å²) < 4.78 is 6.64. The molecule has 0 amide bonds. The molecule has 0 spiro atoms. The van der Waals surface area contributed by atoms with Crippen LogP contribution in [0.3, 0.4) is 0 Å². The molecule has 1 unspecified atom stereocenters. The molecule has 1 saturated heterocycles. The second kappa shape index (κ2) is 5.85. The second-order valence-electron chi connectivity index (χ2n) is 4.56. The van der Waals surface area contributed by atoms with E-state index in [-0.39, 0.29) is 0 Å². The third kappa shape index (κ3) is 3.98. The summed E-state index contributed by atoms with van der Waals surface area (Å²) in [5, 5.41) is 13.5. The number of ether oxygens (including phenoxy) is 1. The molecule has 0 aromatic heterocycles. The van der Waals surface area contributed by atoms with E-state index in [2.05, 4.69) is 21.2 Å². The number of hydrogen-bond acceptors (Lipinski definition) is 3. The maximum Gasteiger partial charge on any atom is 0.120 e. The molecular weight excluding hydrogens is 282 g/mol. The first-order valence-corrected chi connectivity index (χ1v) is 6.79. The normalized spacial score (nSPS) is 24.6. The number of nitrogens with one attached hydrogen (secondary N) is 1. The quantitative estimate of drug-likeness (QED) is 0.897. The van der Waals surface area contributed by atoms with Gasteiger partial charge in [-0.3, -0.25) is 0 Å². The van der Waals surface area contributed by atoms with Gasteiger partial charge >= 0.3 is 0 Å². The van der Waals surface area contributed by atoms with Gasteiger partial charge in [0.05, 0.1) is 12.2 Å². The van der Waals surface area contributed by atoms with Gasteiger partial charge in [-0.15, -0.1) is 0 Å². The van der Waals surface area contributed by atoms with Crippen molar-refractivity contribution in [2.45, 2.75) is 24.9 Å². The molecule has 2 N–H and O–H groups in total. The standard InChI is InChI=1S/C13H18BrNO2/c14-11-3-1-4-12(9-11)17-8-6-13(16)5-2-7-15-10-13/h1,3-4,9,15-16H,2,5-8,10H2. The Hall–Kier alpha value is -0.580. The zero-order valence-corrected chi connectivity index (χ0v) is 11.4. The summed E-state index contributed by atoms with van der Waals surface area (Å²) in [6.07, 6.45) is 2.57. The van der Waals surface area contributed by atoms with Crippen LogP contribution in [-0.4, -0.2) is 30.4 Å². The van der Waals surface area contributed by atoms with Crippen LogP contribution in [0.2, 0.25) is 0 Å². The number of halogens is 1. The fourth-order valence-corrected chi connectivity index (χ4v) is 2.46. The molecule has 1 aromatic carbocycles. The Bertz CT molecular complexity index is 364. The maximum absolute atomic E-state index is 10.3. The average Bonchev–Trinajstić information content (AvgIpc) is 2.30. The maximum atomic E-state index is 10.3. The molecule has 1 heterocycles. The summed E-state index contributed by atoms with van der Waals surface area (Å²) in [5.74, 6) is 0.840. The Morgan fingerprint density at radius 2 is 2.35 bits per heavy atom. The van der Waals surface area contributed by atoms with Crippen LogP contribution in [-0.2, 0) is 0 Å². The Kier molecular flexibility index (Phi) is 4.42. The van der Waals surface area contributed by atoms with E-state index < -0.39 is 5.60 Å². The van der Waals surface area contributed by atoms with Crippen LogP contribution in [0.15, 0.2) is 28.7 Å². The second-order valence-corrected chi connectivity index (χ2v) is 5.48. The summed E-state index contributed by atoms with van der Waals surface area (Å²) in [6.45, 7) is 2.23. The minimum atomic E-state index is -0.593. The van der Waals surface area contributed by atoms with Crippen LogP contribution in [0.4, 0.5) is 0 Å². The van der Waals surface area contributed by atoms with Crippen molar-refractivity contribution < 1.29 is 9.84 Å². The number of piperidine rings is 1. The first-order chi connectivity index (χ1) is 8.18. The lowest BCUT2D eigenvalue weighted by atomic mass is 9.91. The Morgan fingerprint density at radius 3 is 3.06 bits per heavy atom. The minimum Gasteiger partial charge on any atom is -0.493 e. The topological polar surface area (TPSA) is 41.5 Å². The van der Waals surface area contributed by atoms with Gasteiger partial charge in [0.1, 0.15) is 5.75 Å². The highest BCUT2D eigenvalue weighted by atomic mass is 79.9. The number of β-amino-alcohol motifs (C(OH)–C–C–N with tert-alkyl or cyclic N) is 1. The molecule has 0 aliphatic carbocycles. The largest absolute Gasteiger partial charge is 0.493 e. The van der Waals surface area contributed by atoms with Gasteiger partial charge in [-0.1, -0.05) is 22.0 Å². The number of rotatable bonds is 4. The molecule has 0 radical (unpaired) electrons. The zero-order valence-electron chi connectivity index (χ0n) is 9.79. The fourth-order valence-electron chi connectivity index (χ4n) is 2.08. The first kappa shape index (κ1) is 12.9. The van der Waals surface area contributed by atoms with E-state index in [4.69, 9.17) is 4.74 Å². The van der Waals surface area contributed by atoms with Crippen molar-refractivity contribution >= 4 is 15.9 Å². The molecule has 17 heavy (non-hydrogen) atoms. The van der Waals surface area contributed by atoms with E-state index >= 15 is 0 Å². The van der Waals surface area contributed by atoms with Crippen molar-refractivity contribution in [3.63, 3.8) is 0 Å². The lowest BCUT2D eigenvalue weighted by molar-refractivity contribution is -0.00192. The van der Waals surface area contributed by atoms with Crippen LogP contribution in [0.1, 0.15) is 19.3 Å². The van der Waals surface area contributed by atoms with E-state index in [9.17, 15) is 5.11 Å². The molecule has 2 rings (SSSR count). The summed E-state index contributed by atoms with van der Waals surface area (Å²) in [7, 11) is 0. The molecule has 0 saturated carbocycles. The Morgan fingerprint density at radius 1 is 1.47 bits per heavy atom. The lowest BCUT2D eigenvalue weighted by Crippen LogP contribution is -2.46. The van der Waals surface area contributed by atoms with Gasteiger partial charge < -0.3 is 15.2 Å². The Labute approximate surface area is 110 Å². The molecule has 94 valence electrons. The van der Waals surface area contributed by atoms with Gasteiger partial charge in [-0.05, 0) is 37.6 Å². The Balaban J connectivity index is 1.79. The summed E-state index contributed by atoms with van der Waals surface area (Å²) >= 11 is 3.40. The SMILES string of the molecule is OC1(CCOc2cccc(Br)c2)CCCNC1. The number of aliphatic hydroxyl groups is 1. The van der Waals surface area contributed by atoms with Crippen LogP contribution >= 0.6 is 15.9 Å². The number of benzene rings is 1. The van der Waals surface area contributed by atoms with Crippen molar-refractivity contribution in [1.29, 1.82) is 0 Å². The van der Waals surface area contributed by atoms with Crippen LogP contribution in [0.5, 0.6) is 5.75 Å². The molecule has 1 aromatic rings. The van der Waals surface area contributed by atoms with Gasteiger partial charge in [0.15, 0.2) is 0 Å². The summed E-state index contributed by atoms with van der Waals surface area (Å²) in [4.78, 5) is 0. The van der Waals surface area contributed by atoms with Crippen LogP contribution in [0.25, 0.3) is 0 Å². The van der Waals surface area contributed by atoms with Crippen molar-refractivity contribution in [1.82, 2.24) is 5.32 Å². The van der Waals surface area contributed by atoms with Gasteiger partial charge in [0, 0.05) is 17.4 Å². The van der Waals surface area contributed by atoms with Gasteiger partial charge in [0.2, 0.25) is 0 Å². The molecular formula is C13H18BrNO2. The molecule has 1 fully saturated rings. The highest BCUT2D eigenvalue weighted by Crippen LogP contribution is 2.22. The minimum absolute atomic E-state index is 0.550. The van der Waals surface area contributed by atoms with Crippen molar-refractivity contribution in [2.24, 2.45) is 0 Å². The monoisotopic (exact) mass is 299 g/mol. The van der Waals surface area contributed by atoms with E-state index in [1.165, 1.54) is 0 Å². The third-order valence-electron chi connectivity index (χ3n) is 3.08. The van der Waals surface area contributed by atoms with E-state index in [0.717, 1.165) is 29.6 Å². The predicted octanol–water partition coefficient (Wildman–Crippen LogP) is 2.33. The van der Waals surface area contributed by atoms with Crippen LogP contribution < -0.4 is 10.1 Å². The van der Waals surface area contributed by atoms with E-state index in [1.807, 2.05) is 24.3 Å². The highest BCUT2D eigenvalue weighted by Gasteiger charge is 2.28. The average molecular weight is 300 g/mol. The number of hydrogen-bond donors (Lipinski definition) is 2. The first-order valence-electron chi connectivity index (χ1n) is 5.99. The van der Waals surface area contributed by atoms with Gasteiger partial charge in [-0.2, -0.15) is 0 Å². The lowest BCUT2D eigenvalue weighted by Gasteiger charge is -2.32. The molecule has 1 atom stereocenters.